The van der Waals surface area contributed by atoms with E-state index in [0.29, 0.717) is 18.6 Å². The summed E-state index contributed by atoms with van der Waals surface area (Å²) >= 11 is 0. The summed E-state index contributed by atoms with van der Waals surface area (Å²) in [6, 6.07) is -0.198. The third-order valence-corrected chi connectivity index (χ3v) is 6.25. The molecule has 0 spiro atoms. The van der Waals surface area contributed by atoms with Gasteiger partial charge in [0, 0.05) is 30.7 Å². The van der Waals surface area contributed by atoms with Gasteiger partial charge in [0.05, 0.1) is 28.8 Å². The van der Waals surface area contributed by atoms with Crippen molar-refractivity contribution in [3.8, 4) is 0 Å². The lowest BCUT2D eigenvalue weighted by molar-refractivity contribution is 0.0695. The summed E-state index contributed by atoms with van der Waals surface area (Å²) in [6.07, 6.45) is 3.98. The van der Waals surface area contributed by atoms with E-state index in [1.165, 1.54) is 15.5 Å². The zero-order valence-electron chi connectivity index (χ0n) is 18.1. The van der Waals surface area contributed by atoms with Gasteiger partial charge < -0.3 is 30.9 Å². The van der Waals surface area contributed by atoms with E-state index in [1.54, 1.807) is 0 Å². The predicted octanol–water partition coefficient (Wildman–Crippen LogP) is 2.24. The maximum Gasteiger partial charge on any atom is 0.341 e. The van der Waals surface area contributed by atoms with Crippen LogP contribution in [0.15, 0.2) is 28.8 Å². The molecule has 1 aliphatic heterocycles. The molecule has 11 heteroatoms. The van der Waals surface area contributed by atoms with Crippen molar-refractivity contribution in [2.75, 3.05) is 36.9 Å². The van der Waals surface area contributed by atoms with Gasteiger partial charge in [0.1, 0.15) is 17.9 Å². The number of nitrogens with zero attached hydrogens (tertiary/aromatic N) is 3. The highest BCUT2D eigenvalue weighted by Gasteiger charge is 2.43. The van der Waals surface area contributed by atoms with E-state index >= 15 is 8.78 Å². The molecule has 2 aromatic rings. The molecule has 9 nitrogen and oxygen atoms in total. The number of halogens is 2. The standard InChI is InChI=1S/C22H25F2N5O4/c1-3-6-33-27-13-8-28(10-22(13,2)9-25)19-15(23)17(26)14-18(16(19)24)29(11-4-5-11)7-12(20(14)30)21(31)32/h3,7,11H,1,4-6,8-10,25-26H2,2H3,(H,31,32)/b27-13+. The van der Waals surface area contributed by atoms with Gasteiger partial charge in [0.25, 0.3) is 0 Å². The summed E-state index contributed by atoms with van der Waals surface area (Å²) in [4.78, 5) is 31.0. The van der Waals surface area contributed by atoms with Crippen LogP contribution >= 0.6 is 0 Å². The molecule has 1 aromatic carbocycles. The topological polar surface area (TPSA) is 136 Å². The fraction of sp³-hybridized carbons (Fsp3) is 0.409. The van der Waals surface area contributed by atoms with Crippen LogP contribution in [0.5, 0.6) is 0 Å². The number of anilines is 2. The van der Waals surface area contributed by atoms with Gasteiger partial charge in [-0.15, -0.1) is 0 Å². The highest BCUT2D eigenvalue weighted by Crippen LogP contribution is 2.43. The number of pyridine rings is 1. The highest BCUT2D eigenvalue weighted by atomic mass is 19.1. The van der Waals surface area contributed by atoms with E-state index in [4.69, 9.17) is 16.3 Å². The summed E-state index contributed by atoms with van der Waals surface area (Å²) in [5.41, 5.74) is 8.90. The average molecular weight is 461 g/mol. The molecule has 2 heterocycles. The van der Waals surface area contributed by atoms with Crippen LogP contribution in [0.25, 0.3) is 10.9 Å². The Hall–Kier alpha value is -3.47. The molecule has 1 unspecified atom stereocenters. The van der Waals surface area contributed by atoms with Crippen molar-refractivity contribution in [2.45, 2.75) is 25.8 Å². The van der Waals surface area contributed by atoms with E-state index in [1.807, 2.05) is 6.92 Å². The minimum atomic E-state index is -1.49. The maximum atomic E-state index is 16.0. The van der Waals surface area contributed by atoms with Crippen LogP contribution in [-0.4, -0.2) is 47.6 Å². The number of nitrogens with two attached hydrogens (primary N) is 2. The fourth-order valence-electron chi connectivity index (χ4n) is 4.21. The van der Waals surface area contributed by atoms with Crippen molar-refractivity contribution in [3.63, 3.8) is 0 Å². The molecule has 2 aliphatic rings. The zero-order valence-corrected chi connectivity index (χ0v) is 18.1. The van der Waals surface area contributed by atoms with E-state index in [2.05, 4.69) is 11.7 Å². The molecule has 0 amide bonds. The third kappa shape index (κ3) is 3.62. The Labute approximate surface area is 187 Å². The zero-order chi connectivity index (χ0) is 24.1. The summed E-state index contributed by atoms with van der Waals surface area (Å²) in [7, 11) is 0. The van der Waals surface area contributed by atoms with E-state index < -0.39 is 50.8 Å². The van der Waals surface area contributed by atoms with Crippen LogP contribution in [0.1, 0.15) is 36.2 Å². The van der Waals surface area contributed by atoms with Crippen LogP contribution in [0, 0.1) is 17.0 Å². The molecule has 4 rings (SSSR count). The molecule has 1 aromatic heterocycles. The van der Waals surface area contributed by atoms with Gasteiger partial charge in [-0.25, -0.2) is 13.6 Å². The van der Waals surface area contributed by atoms with Crippen LogP contribution < -0.4 is 21.8 Å². The summed E-state index contributed by atoms with van der Waals surface area (Å²) in [5, 5.41) is 13.0. The molecule has 5 N–H and O–H groups in total. The number of hydrogen-bond acceptors (Lipinski definition) is 7. The minimum absolute atomic E-state index is 0.0322. The van der Waals surface area contributed by atoms with Gasteiger partial charge in [-0.2, -0.15) is 0 Å². The molecule has 0 radical (unpaired) electrons. The average Bonchev–Trinajstić information content (AvgIpc) is 3.56. The molecule has 2 fully saturated rings. The molecule has 1 saturated carbocycles. The third-order valence-electron chi connectivity index (χ3n) is 6.25. The van der Waals surface area contributed by atoms with Crippen molar-refractivity contribution >= 4 is 34.0 Å². The second-order valence-corrected chi connectivity index (χ2v) is 8.67. The molecular formula is C22H25F2N5O4. The Morgan fingerprint density at radius 2 is 2.12 bits per heavy atom. The van der Waals surface area contributed by atoms with Crippen LogP contribution in [0.2, 0.25) is 0 Å². The second-order valence-electron chi connectivity index (χ2n) is 8.67. The maximum absolute atomic E-state index is 16.0. The van der Waals surface area contributed by atoms with Crippen LogP contribution in [0.4, 0.5) is 20.2 Å². The number of carbonyl (C=O) groups is 1. The van der Waals surface area contributed by atoms with E-state index in [0.717, 1.165) is 6.20 Å². The molecule has 176 valence electrons. The number of oxime groups is 1. The highest BCUT2D eigenvalue weighted by molar-refractivity contribution is 6.02. The molecule has 1 atom stereocenters. The number of nitrogen functional groups attached to an aromatic ring is 1. The Bertz CT molecular complexity index is 1250. The summed E-state index contributed by atoms with van der Waals surface area (Å²) < 4.78 is 32.8. The first-order valence-corrected chi connectivity index (χ1v) is 10.5. The molecule has 1 saturated heterocycles. The lowest BCUT2D eigenvalue weighted by atomic mass is 9.88. The van der Waals surface area contributed by atoms with E-state index in [9.17, 15) is 14.7 Å². The number of carboxylic acids is 1. The van der Waals surface area contributed by atoms with Crippen molar-refractivity contribution in [1.82, 2.24) is 4.57 Å². The van der Waals surface area contributed by atoms with Gasteiger partial charge in [0.2, 0.25) is 5.43 Å². The molecule has 33 heavy (non-hydrogen) atoms. The monoisotopic (exact) mass is 461 g/mol. The fourth-order valence-corrected chi connectivity index (χ4v) is 4.21. The molecule has 0 bridgehead atoms. The normalized spacial score (nSPS) is 21.7. The quantitative estimate of drug-likeness (QED) is 0.249. The molecule has 1 aliphatic carbocycles. The Balaban J connectivity index is 1.93. The number of benzene rings is 1. The molecular weight excluding hydrogens is 436 g/mol. The van der Waals surface area contributed by atoms with Crippen LogP contribution in [-0.2, 0) is 4.84 Å². The van der Waals surface area contributed by atoms with Crippen LogP contribution in [0.3, 0.4) is 0 Å². The number of hydrogen-bond donors (Lipinski definition) is 3. The number of rotatable bonds is 7. The first kappa shape index (κ1) is 22.7. The number of fused-ring (bicyclic) bond motifs is 1. The largest absolute Gasteiger partial charge is 0.477 e. The van der Waals surface area contributed by atoms with Crippen molar-refractivity contribution in [2.24, 2.45) is 16.3 Å². The van der Waals surface area contributed by atoms with Gasteiger partial charge in [-0.1, -0.05) is 24.7 Å². The number of aromatic nitrogens is 1. The summed E-state index contributed by atoms with van der Waals surface area (Å²) in [5.74, 6) is -3.60. The number of aromatic carboxylic acids is 1. The van der Waals surface area contributed by atoms with Crippen molar-refractivity contribution in [3.05, 3.63) is 46.3 Å². The Kier molecular flexibility index (Phi) is 5.61. The predicted molar refractivity (Wildman–Crippen MR) is 121 cm³/mol. The van der Waals surface area contributed by atoms with Gasteiger partial charge in [-0.05, 0) is 12.8 Å². The first-order chi connectivity index (χ1) is 15.6. The van der Waals surface area contributed by atoms with E-state index in [-0.39, 0.29) is 37.8 Å². The van der Waals surface area contributed by atoms with Gasteiger partial charge in [0.15, 0.2) is 11.6 Å². The Morgan fingerprint density at radius 1 is 1.42 bits per heavy atom. The van der Waals surface area contributed by atoms with Crippen molar-refractivity contribution < 1.29 is 23.5 Å². The van der Waals surface area contributed by atoms with Gasteiger partial charge in [-0.3, -0.25) is 4.79 Å². The summed E-state index contributed by atoms with van der Waals surface area (Å²) in [6.45, 7) is 5.84. The smallest absolute Gasteiger partial charge is 0.341 e. The Morgan fingerprint density at radius 3 is 2.70 bits per heavy atom. The minimum Gasteiger partial charge on any atom is -0.477 e. The lowest BCUT2D eigenvalue weighted by Crippen LogP contribution is -2.36. The second kappa shape index (κ2) is 8.14. The SMILES string of the molecule is C=CCO/N=C1\CN(c2c(F)c(N)c3c(=O)c(C(=O)O)cn(C4CC4)c3c2F)CC1(C)CN. The lowest BCUT2D eigenvalue weighted by Gasteiger charge is -2.25. The van der Waals surface area contributed by atoms with Crippen molar-refractivity contribution in [1.29, 1.82) is 0 Å². The first-order valence-electron chi connectivity index (χ1n) is 10.5. The van der Waals surface area contributed by atoms with Gasteiger partial charge >= 0.3 is 5.97 Å². The number of carboxylic acid groups (broad SMARTS) is 1.